The maximum atomic E-state index is 13.4. The van der Waals surface area contributed by atoms with Crippen LogP contribution in [0.2, 0.25) is 0 Å². The minimum atomic E-state index is -0.761. The number of nitrogens with one attached hydrogen (secondary N) is 2. The fraction of sp³-hybridized carbons (Fsp3) is 0.522. The van der Waals surface area contributed by atoms with Gasteiger partial charge in [0, 0.05) is 39.3 Å². The van der Waals surface area contributed by atoms with E-state index in [1.165, 1.54) is 22.9 Å². The van der Waals surface area contributed by atoms with E-state index in [0.717, 1.165) is 5.69 Å². The molecule has 10 nitrogen and oxygen atoms in total. The lowest BCUT2D eigenvalue weighted by molar-refractivity contribution is -0.140. The number of aliphatic hydroxyl groups excluding tert-OH is 1. The Morgan fingerprint density at radius 3 is 2.67 bits per heavy atom. The van der Waals surface area contributed by atoms with Gasteiger partial charge in [0.1, 0.15) is 17.6 Å². The second kappa shape index (κ2) is 9.70. The first-order valence-corrected chi connectivity index (χ1v) is 10.9. The van der Waals surface area contributed by atoms with Crippen LogP contribution < -0.4 is 5.32 Å². The molecule has 3 atom stereocenters. The number of amides is 3. The van der Waals surface area contributed by atoms with Crippen LogP contribution in [-0.4, -0.2) is 73.3 Å². The standard InChI is InChI=1S/C23H32N6O4/c1-14(30)26-19(23(2,3)4)22(33)29-13-16(31)10-18(29)20-25-11-17(27-20)21(32)28(5)12-15-8-6-7-9-24-15/h6-9,11,16,18-19,31H,10,12-13H2,1-5H3,(H,25,27)(H,26,30)/t16-,18+,19-/m1/s1. The lowest BCUT2D eigenvalue weighted by atomic mass is 9.85. The smallest absolute Gasteiger partial charge is 0.274 e. The van der Waals surface area contributed by atoms with Crippen molar-refractivity contribution < 1.29 is 19.5 Å². The maximum Gasteiger partial charge on any atom is 0.274 e. The van der Waals surface area contributed by atoms with Crippen LogP contribution in [0.25, 0.3) is 0 Å². The highest BCUT2D eigenvalue weighted by Gasteiger charge is 2.43. The summed E-state index contributed by atoms with van der Waals surface area (Å²) < 4.78 is 0. The van der Waals surface area contributed by atoms with Gasteiger partial charge in [0.2, 0.25) is 11.8 Å². The molecule has 2 aromatic rings. The normalized spacial score (nSPS) is 19.3. The first-order chi connectivity index (χ1) is 15.5. The highest BCUT2D eigenvalue weighted by molar-refractivity contribution is 5.92. The van der Waals surface area contributed by atoms with Gasteiger partial charge in [-0.1, -0.05) is 26.8 Å². The maximum absolute atomic E-state index is 13.4. The minimum absolute atomic E-state index is 0.124. The average molecular weight is 457 g/mol. The van der Waals surface area contributed by atoms with Gasteiger partial charge in [-0.2, -0.15) is 0 Å². The Balaban J connectivity index is 1.78. The first-order valence-electron chi connectivity index (χ1n) is 10.9. The van der Waals surface area contributed by atoms with E-state index in [9.17, 15) is 19.5 Å². The number of nitrogens with zero attached hydrogens (tertiary/aromatic N) is 4. The van der Waals surface area contributed by atoms with Crippen molar-refractivity contribution in [1.29, 1.82) is 0 Å². The van der Waals surface area contributed by atoms with E-state index < -0.39 is 23.6 Å². The number of aromatic amines is 1. The van der Waals surface area contributed by atoms with E-state index in [1.807, 2.05) is 39.0 Å². The van der Waals surface area contributed by atoms with E-state index in [-0.39, 0.29) is 36.4 Å². The Kier molecular flexibility index (Phi) is 7.16. The Labute approximate surface area is 193 Å². The number of likely N-dealkylation sites (tertiary alicyclic amines) is 1. The number of β-amino-alcohol motifs (C(OH)–C–C–N with tert-alkyl or cyclic N) is 1. The summed E-state index contributed by atoms with van der Waals surface area (Å²) in [6.07, 6.45) is 2.74. The molecule has 3 rings (SSSR count). The van der Waals surface area contributed by atoms with Crippen LogP contribution in [-0.2, 0) is 16.1 Å². The zero-order valence-corrected chi connectivity index (χ0v) is 19.7. The predicted octanol–water partition coefficient (Wildman–Crippen LogP) is 1.26. The molecule has 10 heteroatoms. The van der Waals surface area contributed by atoms with Crippen LogP contribution in [0.1, 0.15) is 62.2 Å². The van der Waals surface area contributed by atoms with Crippen LogP contribution >= 0.6 is 0 Å². The van der Waals surface area contributed by atoms with Crippen molar-refractivity contribution in [3.8, 4) is 0 Å². The number of pyridine rings is 1. The second-order valence-corrected chi connectivity index (χ2v) is 9.55. The van der Waals surface area contributed by atoms with Gasteiger partial charge in [0.25, 0.3) is 5.91 Å². The molecule has 2 aromatic heterocycles. The first kappa shape index (κ1) is 24.4. The van der Waals surface area contributed by atoms with Crippen molar-refractivity contribution in [2.75, 3.05) is 13.6 Å². The third kappa shape index (κ3) is 5.75. The van der Waals surface area contributed by atoms with Gasteiger partial charge < -0.3 is 25.2 Å². The fourth-order valence-electron chi connectivity index (χ4n) is 3.95. The van der Waals surface area contributed by atoms with E-state index in [0.29, 0.717) is 12.4 Å². The zero-order valence-electron chi connectivity index (χ0n) is 19.7. The van der Waals surface area contributed by atoms with Crippen molar-refractivity contribution >= 4 is 17.7 Å². The molecule has 3 heterocycles. The van der Waals surface area contributed by atoms with Crippen molar-refractivity contribution in [2.24, 2.45) is 5.41 Å². The molecule has 1 saturated heterocycles. The third-order valence-corrected chi connectivity index (χ3v) is 5.63. The van der Waals surface area contributed by atoms with Gasteiger partial charge in [-0.05, 0) is 17.5 Å². The van der Waals surface area contributed by atoms with Crippen LogP contribution in [0.4, 0.5) is 0 Å². The number of aromatic nitrogens is 3. The molecule has 0 unspecified atom stereocenters. The SMILES string of the molecule is CC(=O)N[C@H](C(=O)N1C[C@H](O)C[C@H]1c1nc(C(=O)N(C)Cc2ccccn2)c[nH]1)C(C)(C)C. The lowest BCUT2D eigenvalue weighted by Gasteiger charge is -2.35. The molecule has 0 radical (unpaired) electrons. The molecule has 1 fully saturated rings. The molecule has 178 valence electrons. The van der Waals surface area contributed by atoms with Crippen LogP contribution in [0.3, 0.4) is 0 Å². The largest absolute Gasteiger partial charge is 0.391 e. The Morgan fingerprint density at radius 1 is 1.33 bits per heavy atom. The number of carbonyl (C=O) groups is 3. The van der Waals surface area contributed by atoms with Gasteiger partial charge in [-0.25, -0.2) is 4.98 Å². The van der Waals surface area contributed by atoms with E-state index >= 15 is 0 Å². The van der Waals surface area contributed by atoms with E-state index in [2.05, 4.69) is 20.3 Å². The highest BCUT2D eigenvalue weighted by atomic mass is 16.3. The Morgan fingerprint density at radius 2 is 2.06 bits per heavy atom. The van der Waals surface area contributed by atoms with Crippen molar-refractivity contribution in [3.05, 3.63) is 47.8 Å². The molecule has 0 bridgehead atoms. The number of rotatable bonds is 6. The van der Waals surface area contributed by atoms with Gasteiger partial charge in [-0.3, -0.25) is 19.4 Å². The van der Waals surface area contributed by atoms with Crippen LogP contribution in [0.15, 0.2) is 30.6 Å². The number of carbonyl (C=O) groups excluding carboxylic acids is 3. The molecule has 0 aliphatic carbocycles. The topological polar surface area (TPSA) is 132 Å². The van der Waals surface area contributed by atoms with Crippen LogP contribution in [0.5, 0.6) is 0 Å². The summed E-state index contributed by atoms with van der Waals surface area (Å²) in [6, 6.07) is 4.21. The number of hydrogen-bond donors (Lipinski definition) is 3. The molecule has 3 amide bonds. The lowest BCUT2D eigenvalue weighted by Crippen LogP contribution is -2.54. The van der Waals surface area contributed by atoms with E-state index in [1.54, 1.807) is 13.2 Å². The summed E-state index contributed by atoms with van der Waals surface area (Å²) in [6.45, 7) is 7.43. The summed E-state index contributed by atoms with van der Waals surface area (Å²) in [7, 11) is 1.67. The highest BCUT2D eigenvalue weighted by Crippen LogP contribution is 2.33. The Hall–Kier alpha value is -3.27. The number of aliphatic hydroxyl groups is 1. The summed E-state index contributed by atoms with van der Waals surface area (Å²) in [5, 5.41) is 13.0. The minimum Gasteiger partial charge on any atom is -0.391 e. The summed E-state index contributed by atoms with van der Waals surface area (Å²) in [4.78, 5) is 52.7. The molecule has 33 heavy (non-hydrogen) atoms. The van der Waals surface area contributed by atoms with Crippen molar-refractivity contribution in [3.63, 3.8) is 0 Å². The van der Waals surface area contributed by atoms with Crippen LogP contribution in [0, 0.1) is 5.41 Å². The molecule has 0 saturated carbocycles. The van der Waals surface area contributed by atoms with Gasteiger partial charge >= 0.3 is 0 Å². The summed E-state index contributed by atoms with van der Waals surface area (Å²) in [5.74, 6) is -0.465. The molecule has 3 N–H and O–H groups in total. The second-order valence-electron chi connectivity index (χ2n) is 9.55. The van der Waals surface area contributed by atoms with Crippen molar-refractivity contribution in [1.82, 2.24) is 30.1 Å². The average Bonchev–Trinajstić information content (AvgIpc) is 3.37. The molecule has 1 aliphatic rings. The summed E-state index contributed by atoms with van der Waals surface area (Å²) in [5.41, 5.74) is 0.441. The molecular formula is C23H32N6O4. The number of H-pyrrole nitrogens is 1. The number of imidazole rings is 1. The number of hydrogen-bond acceptors (Lipinski definition) is 6. The molecule has 0 aromatic carbocycles. The van der Waals surface area contributed by atoms with Gasteiger partial charge in [-0.15, -0.1) is 0 Å². The quantitative estimate of drug-likeness (QED) is 0.600. The Bertz CT molecular complexity index is 1000. The fourth-order valence-corrected chi connectivity index (χ4v) is 3.95. The van der Waals surface area contributed by atoms with Gasteiger partial charge in [0.15, 0.2) is 0 Å². The predicted molar refractivity (Wildman–Crippen MR) is 121 cm³/mol. The van der Waals surface area contributed by atoms with Gasteiger partial charge in [0.05, 0.1) is 24.4 Å². The third-order valence-electron chi connectivity index (χ3n) is 5.63. The molecular weight excluding hydrogens is 424 g/mol. The monoisotopic (exact) mass is 456 g/mol. The summed E-state index contributed by atoms with van der Waals surface area (Å²) >= 11 is 0. The van der Waals surface area contributed by atoms with E-state index in [4.69, 9.17) is 0 Å². The molecule has 0 spiro atoms. The zero-order chi connectivity index (χ0) is 24.3. The van der Waals surface area contributed by atoms with Crippen molar-refractivity contribution in [2.45, 2.75) is 58.8 Å². The molecule has 1 aliphatic heterocycles.